The minimum atomic E-state index is -0.154. The van der Waals surface area contributed by atoms with Crippen LogP contribution in [0.2, 0.25) is 0 Å². The van der Waals surface area contributed by atoms with Crippen LogP contribution in [0.1, 0.15) is 12.6 Å². The summed E-state index contributed by atoms with van der Waals surface area (Å²) in [5.74, 6) is 0. The fourth-order valence-corrected chi connectivity index (χ4v) is 2.29. The summed E-state index contributed by atoms with van der Waals surface area (Å²) >= 11 is 0. The lowest BCUT2D eigenvalue weighted by Crippen LogP contribution is -2.22. The number of fused-ring (bicyclic) bond motifs is 3. The summed E-state index contributed by atoms with van der Waals surface area (Å²) in [6, 6.07) is 7.63. The molecule has 3 aromatic rings. The van der Waals surface area contributed by atoms with E-state index in [2.05, 4.69) is 10.1 Å². The number of imidazole rings is 1. The zero-order valence-corrected chi connectivity index (χ0v) is 10.3. The van der Waals surface area contributed by atoms with E-state index in [1.807, 2.05) is 31.2 Å². The van der Waals surface area contributed by atoms with E-state index in [1.165, 1.54) is 6.21 Å². The maximum Gasteiger partial charge on any atom is 0.294 e. The molecule has 0 aliphatic rings. The minimum Gasteiger partial charge on any atom is -0.411 e. The Labute approximate surface area is 108 Å². The van der Waals surface area contributed by atoms with Crippen LogP contribution < -0.4 is 5.56 Å². The molecular formula is C13H12N4O2. The highest BCUT2D eigenvalue weighted by Gasteiger charge is 2.11. The third-order valence-electron chi connectivity index (χ3n) is 3.10. The Morgan fingerprint density at radius 2 is 2.11 bits per heavy atom. The molecule has 0 radical (unpaired) electrons. The van der Waals surface area contributed by atoms with E-state index in [4.69, 9.17) is 5.21 Å². The molecular weight excluding hydrogens is 244 g/mol. The Kier molecular flexibility index (Phi) is 2.56. The number of benzene rings is 1. The summed E-state index contributed by atoms with van der Waals surface area (Å²) in [4.78, 5) is 16.5. The first-order chi connectivity index (χ1) is 9.26. The van der Waals surface area contributed by atoms with Gasteiger partial charge in [0.25, 0.3) is 5.56 Å². The van der Waals surface area contributed by atoms with Gasteiger partial charge in [0.2, 0.25) is 5.65 Å². The summed E-state index contributed by atoms with van der Waals surface area (Å²) in [5.41, 5.74) is 2.37. The van der Waals surface area contributed by atoms with Crippen LogP contribution in [0.25, 0.3) is 16.7 Å². The smallest absolute Gasteiger partial charge is 0.294 e. The van der Waals surface area contributed by atoms with Crippen molar-refractivity contribution in [3.05, 3.63) is 46.5 Å². The summed E-state index contributed by atoms with van der Waals surface area (Å²) < 4.78 is 3.40. The Hall–Kier alpha value is -2.63. The standard InChI is InChI=1S/C13H12N4O2/c1-2-16-10-5-3-4-6-11(10)17-8-9(7-14-19)15-12(17)13(16)18/h3-8,19H,2H2,1H3. The van der Waals surface area contributed by atoms with Crippen LogP contribution in [0.4, 0.5) is 0 Å². The van der Waals surface area contributed by atoms with Crippen molar-refractivity contribution >= 4 is 22.9 Å². The molecule has 0 aliphatic carbocycles. The fraction of sp³-hybridized carbons (Fsp3) is 0.154. The van der Waals surface area contributed by atoms with Gasteiger partial charge in [0.1, 0.15) is 5.69 Å². The van der Waals surface area contributed by atoms with Gasteiger partial charge in [-0.05, 0) is 19.1 Å². The minimum absolute atomic E-state index is 0.154. The second-order valence-electron chi connectivity index (χ2n) is 4.14. The molecule has 0 unspecified atom stereocenters. The third kappa shape index (κ3) is 1.61. The van der Waals surface area contributed by atoms with Gasteiger partial charge in [-0.3, -0.25) is 9.20 Å². The van der Waals surface area contributed by atoms with Crippen LogP contribution in [-0.2, 0) is 6.54 Å². The quantitative estimate of drug-likeness (QED) is 0.429. The monoisotopic (exact) mass is 256 g/mol. The van der Waals surface area contributed by atoms with E-state index in [9.17, 15) is 4.79 Å². The predicted octanol–water partition coefficient (Wildman–Crippen LogP) is 1.48. The Balaban J connectivity index is 2.55. The van der Waals surface area contributed by atoms with Crippen molar-refractivity contribution in [1.29, 1.82) is 0 Å². The highest BCUT2D eigenvalue weighted by atomic mass is 16.4. The lowest BCUT2D eigenvalue weighted by atomic mass is 10.3. The van der Waals surface area contributed by atoms with Gasteiger partial charge in [-0.15, -0.1) is 0 Å². The Morgan fingerprint density at radius 3 is 2.79 bits per heavy atom. The maximum absolute atomic E-state index is 12.4. The van der Waals surface area contributed by atoms with Gasteiger partial charge < -0.3 is 9.77 Å². The van der Waals surface area contributed by atoms with Gasteiger partial charge in [-0.2, -0.15) is 0 Å². The number of para-hydroxylation sites is 2. The molecule has 0 aliphatic heterocycles. The lowest BCUT2D eigenvalue weighted by molar-refractivity contribution is 0.321. The van der Waals surface area contributed by atoms with Crippen molar-refractivity contribution in [2.24, 2.45) is 5.16 Å². The average molecular weight is 256 g/mol. The fourth-order valence-electron chi connectivity index (χ4n) is 2.29. The van der Waals surface area contributed by atoms with E-state index in [1.54, 1.807) is 15.2 Å². The van der Waals surface area contributed by atoms with Crippen molar-refractivity contribution in [1.82, 2.24) is 14.0 Å². The number of hydrogen-bond acceptors (Lipinski definition) is 4. The van der Waals surface area contributed by atoms with Crippen molar-refractivity contribution < 1.29 is 5.21 Å². The molecule has 1 N–H and O–H groups in total. The highest BCUT2D eigenvalue weighted by molar-refractivity contribution is 5.82. The van der Waals surface area contributed by atoms with Gasteiger partial charge >= 0.3 is 0 Å². The molecule has 0 spiro atoms. The molecule has 2 heterocycles. The normalized spacial score (nSPS) is 11.8. The third-order valence-corrected chi connectivity index (χ3v) is 3.10. The molecule has 6 heteroatoms. The molecule has 3 rings (SSSR count). The first-order valence-electron chi connectivity index (χ1n) is 5.94. The molecule has 0 saturated carbocycles. The highest BCUT2D eigenvalue weighted by Crippen LogP contribution is 2.14. The number of nitrogens with zero attached hydrogens (tertiary/aromatic N) is 4. The molecule has 1 aromatic carbocycles. The number of rotatable bonds is 2. The molecule has 2 aromatic heterocycles. The molecule has 0 bridgehead atoms. The average Bonchev–Trinajstić information content (AvgIpc) is 2.84. The van der Waals surface area contributed by atoms with Gasteiger partial charge in [0, 0.05) is 12.7 Å². The number of aromatic nitrogens is 3. The largest absolute Gasteiger partial charge is 0.411 e. The molecule has 0 amide bonds. The summed E-state index contributed by atoms with van der Waals surface area (Å²) in [5, 5.41) is 11.5. The zero-order chi connectivity index (χ0) is 13.4. The van der Waals surface area contributed by atoms with Gasteiger partial charge in [-0.25, -0.2) is 4.98 Å². The van der Waals surface area contributed by atoms with E-state index in [-0.39, 0.29) is 5.56 Å². The summed E-state index contributed by atoms with van der Waals surface area (Å²) in [6.07, 6.45) is 2.89. The van der Waals surface area contributed by atoms with E-state index >= 15 is 0 Å². The van der Waals surface area contributed by atoms with E-state index in [0.29, 0.717) is 17.9 Å². The first-order valence-corrected chi connectivity index (χ1v) is 5.94. The molecule has 0 saturated heterocycles. The second kappa shape index (κ2) is 4.24. The van der Waals surface area contributed by atoms with Gasteiger partial charge in [-0.1, -0.05) is 17.3 Å². The Morgan fingerprint density at radius 1 is 1.37 bits per heavy atom. The second-order valence-corrected chi connectivity index (χ2v) is 4.14. The van der Waals surface area contributed by atoms with Crippen molar-refractivity contribution in [2.75, 3.05) is 0 Å². The first kappa shape index (κ1) is 11.5. The molecule has 96 valence electrons. The SMILES string of the molecule is CCn1c(=O)c2nc(C=NO)cn2c2ccccc21. The van der Waals surface area contributed by atoms with Crippen molar-refractivity contribution in [3.63, 3.8) is 0 Å². The van der Waals surface area contributed by atoms with Crippen LogP contribution in [0, 0.1) is 0 Å². The maximum atomic E-state index is 12.4. The molecule has 19 heavy (non-hydrogen) atoms. The van der Waals surface area contributed by atoms with Crippen LogP contribution in [0.15, 0.2) is 40.4 Å². The molecule has 0 fully saturated rings. The number of aryl methyl sites for hydroxylation is 1. The summed E-state index contributed by atoms with van der Waals surface area (Å²) in [7, 11) is 0. The Bertz CT molecular complexity index is 845. The van der Waals surface area contributed by atoms with Crippen molar-refractivity contribution in [2.45, 2.75) is 13.5 Å². The predicted molar refractivity (Wildman–Crippen MR) is 72.0 cm³/mol. The van der Waals surface area contributed by atoms with Crippen LogP contribution in [0.3, 0.4) is 0 Å². The van der Waals surface area contributed by atoms with E-state index in [0.717, 1.165) is 11.0 Å². The lowest BCUT2D eigenvalue weighted by Gasteiger charge is -2.09. The number of hydrogen-bond donors (Lipinski definition) is 1. The van der Waals surface area contributed by atoms with E-state index < -0.39 is 0 Å². The van der Waals surface area contributed by atoms with Crippen molar-refractivity contribution in [3.8, 4) is 0 Å². The van der Waals surface area contributed by atoms with Crippen LogP contribution >= 0.6 is 0 Å². The van der Waals surface area contributed by atoms with Crippen LogP contribution in [0.5, 0.6) is 0 Å². The molecule has 6 nitrogen and oxygen atoms in total. The zero-order valence-electron chi connectivity index (χ0n) is 10.3. The van der Waals surface area contributed by atoms with Gasteiger partial charge in [0.05, 0.1) is 17.2 Å². The number of oxime groups is 1. The van der Waals surface area contributed by atoms with Crippen LogP contribution in [-0.4, -0.2) is 25.4 Å². The molecule has 0 atom stereocenters. The van der Waals surface area contributed by atoms with Gasteiger partial charge in [0.15, 0.2) is 0 Å². The topological polar surface area (TPSA) is 71.9 Å². The summed E-state index contributed by atoms with van der Waals surface area (Å²) in [6.45, 7) is 2.50.